The highest BCUT2D eigenvalue weighted by Gasteiger charge is 2.25. The number of halogens is 1. The van der Waals surface area contributed by atoms with Crippen LogP contribution in [0.5, 0.6) is 6.01 Å². The third-order valence-corrected chi connectivity index (χ3v) is 4.14. The Balaban J connectivity index is 2.39. The number of fused-ring (bicyclic) bond motifs is 1. The smallest absolute Gasteiger partial charge is 0.298 e. The van der Waals surface area contributed by atoms with Crippen LogP contribution in [-0.2, 0) is 7.05 Å². The lowest BCUT2D eigenvalue weighted by molar-refractivity contribution is 0.333. The Morgan fingerprint density at radius 1 is 1.30 bits per heavy atom. The van der Waals surface area contributed by atoms with Gasteiger partial charge in [-0.3, -0.25) is 4.57 Å². The summed E-state index contributed by atoms with van der Waals surface area (Å²) in [5.41, 5.74) is 2.00. The summed E-state index contributed by atoms with van der Waals surface area (Å²) in [5.74, 6) is 0.444. The summed E-state index contributed by atoms with van der Waals surface area (Å²) in [5, 5.41) is 12.7. The van der Waals surface area contributed by atoms with E-state index in [4.69, 9.17) is 16.3 Å². The third kappa shape index (κ3) is 2.52. The van der Waals surface area contributed by atoms with Crippen molar-refractivity contribution in [2.24, 2.45) is 7.05 Å². The molecule has 0 spiro atoms. The number of nitrogens with zero attached hydrogens (tertiary/aromatic N) is 7. The first kappa shape index (κ1) is 15.7. The topological polar surface area (TPSA) is 83.5 Å². The molecule has 0 aliphatic heterocycles. The maximum atomic E-state index is 6.40. The van der Waals surface area contributed by atoms with Crippen molar-refractivity contribution in [3.8, 4) is 17.4 Å². The molecule has 3 heterocycles. The highest BCUT2D eigenvalue weighted by atomic mass is 35.5. The van der Waals surface area contributed by atoms with Crippen molar-refractivity contribution < 1.29 is 4.74 Å². The van der Waals surface area contributed by atoms with Gasteiger partial charge in [-0.15, -0.1) is 10.2 Å². The van der Waals surface area contributed by atoms with Gasteiger partial charge in [0.05, 0.1) is 24.7 Å². The molecule has 23 heavy (non-hydrogen) atoms. The van der Waals surface area contributed by atoms with Crippen LogP contribution in [-0.4, -0.2) is 41.9 Å². The lowest BCUT2D eigenvalue weighted by Crippen LogP contribution is -2.09. The molecule has 122 valence electrons. The van der Waals surface area contributed by atoms with E-state index in [0.717, 1.165) is 18.4 Å². The molecular weight excluding hydrogens is 318 g/mol. The Kier molecular flexibility index (Phi) is 4.16. The van der Waals surface area contributed by atoms with Gasteiger partial charge < -0.3 is 4.74 Å². The Morgan fingerprint density at radius 3 is 2.61 bits per heavy atom. The van der Waals surface area contributed by atoms with Gasteiger partial charge in [-0.25, -0.2) is 4.98 Å². The highest BCUT2D eigenvalue weighted by Crippen LogP contribution is 2.37. The van der Waals surface area contributed by atoms with Gasteiger partial charge in [0, 0.05) is 12.2 Å². The Hall–Kier alpha value is -2.22. The molecule has 3 aromatic rings. The van der Waals surface area contributed by atoms with E-state index in [-0.39, 0.29) is 6.04 Å². The fraction of sp³-hybridized carbons (Fsp3) is 0.500. The maximum absolute atomic E-state index is 6.40. The molecular formula is C14H18ClN7O. The maximum Gasteiger partial charge on any atom is 0.298 e. The summed E-state index contributed by atoms with van der Waals surface area (Å²) in [4.78, 5) is 10.2. The number of aryl methyl sites for hydroxylation is 1. The van der Waals surface area contributed by atoms with Crippen molar-refractivity contribution in [3.63, 3.8) is 0 Å². The largest absolute Gasteiger partial charge is 0.468 e. The number of rotatable bonds is 5. The fourth-order valence-corrected chi connectivity index (χ4v) is 2.97. The lowest BCUT2D eigenvalue weighted by atomic mass is 10.1. The van der Waals surface area contributed by atoms with Crippen LogP contribution in [0.2, 0.25) is 5.02 Å². The van der Waals surface area contributed by atoms with E-state index in [2.05, 4.69) is 39.2 Å². The zero-order chi connectivity index (χ0) is 16.6. The fourth-order valence-electron chi connectivity index (χ4n) is 2.75. The molecule has 0 aliphatic carbocycles. The SMILES string of the molecule is CCC(CC)n1c(OC)nc2ncc(Cl)c(-c3nnn(C)n3)c21. The summed E-state index contributed by atoms with van der Waals surface area (Å²) in [6.07, 6.45) is 3.41. The van der Waals surface area contributed by atoms with Gasteiger partial charge in [-0.05, 0) is 18.1 Å². The average molecular weight is 336 g/mol. The van der Waals surface area contributed by atoms with Crippen molar-refractivity contribution in [1.82, 2.24) is 34.7 Å². The number of ether oxygens (including phenoxy) is 1. The number of methoxy groups -OCH3 is 1. The van der Waals surface area contributed by atoms with E-state index < -0.39 is 0 Å². The van der Waals surface area contributed by atoms with E-state index in [1.807, 2.05) is 4.57 Å². The minimum Gasteiger partial charge on any atom is -0.468 e. The molecule has 0 saturated heterocycles. The second kappa shape index (κ2) is 6.11. The van der Waals surface area contributed by atoms with Gasteiger partial charge in [0.1, 0.15) is 5.52 Å². The predicted molar refractivity (Wildman–Crippen MR) is 86.5 cm³/mol. The molecule has 0 saturated carbocycles. The number of imidazole rings is 1. The van der Waals surface area contributed by atoms with Crippen LogP contribution in [0.3, 0.4) is 0 Å². The normalized spacial score (nSPS) is 11.6. The van der Waals surface area contributed by atoms with E-state index in [1.165, 1.54) is 4.80 Å². The number of hydrogen-bond donors (Lipinski definition) is 0. The van der Waals surface area contributed by atoms with Crippen LogP contribution in [0.15, 0.2) is 6.20 Å². The number of tetrazole rings is 1. The van der Waals surface area contributed by atoms with Gasteiger partial charge in [-0.1, -0.05) is 25.4 Å². The van der Waals surface area contributed by atoms with Crippen molar-refractivity contribution >= 4 is 22.8 Å². The van der Waals surface area contributed by atoms with E-state index in [1.54, 1.807) is 20.4 Å². The van der Waals surface area contributed by atoms with Crippen molar-refractivity contribution in [1.29, 1.82) is 0 Å². The van der Waals surface area contributed by atoms with Gasteiger partial charge in [0.25, 0.3) is 6.01 Å². The van der Waals surface area contributed by atoms with E-state index >= 15 is 0 Å². The summed E-state index contributed by atoms with van der Waals surface area (Å²) in [7, 11) is 3.31. The van der Waals surface area contributed by atoms with Crippen molar-refractivity contribution in [3.05, 3.63) is 11.2 Å². The summed E-state index contributed by atoms with van der Waals surface area (Å²) in [6, 6.07) is 0.722. The zero-order valence-electron chi connectivity index (χ0n) is 13.5. The molecule has 0 unspecified atom stereocenters. The monoisotopic (exact) mass is 335 g/mol. The quantitative estimate of drug-likeness (QED) is 0.712. The second-order valence-electron chi connectivity index (χ2n) is 5.19. The molecule has 0 atom stereocenters. The molecule has 0 aliphatic rings. The molecule has 0 amide bonds. The third-order valence-electron chi connectivity index (χ3n) is 3.86. The summed E-state index contributed by atoms with van der Waals surface area (Å²) >= 11 is 6.40. The first-order valence-electron chi connectivity index (χ1n) is 7.45. The average Bonchev–Trinajstić information content (AvgIpc) is 3.13. The zero-order valence-corrected chi connectivity index (χ0v) is 14.2. The molecule has 0 bridgehead atoms. The second-order valence-corrected chi connectivity index (χ2v) is 5.60. The van der Waals surface area contributed by atoms with Crippen LogP contribution in [0.4, 0.5) is 0 Å². The van der Waals surface area contributed by atoms with Gasteiger partial charge in [0.2, 0.25) is 5.82 Å². The van der Waals surface area contributed by atoms with Crippen molar-refractivity contribution in [2.45, 2.75) is 32.7 Å². The van der Waals surface area contributed by atoms with E-state index in [0.29, 0.717) is 28.1 Å². The number of aromatic nitrogens is 7. The Bertz CT molecular complexity index is 837. The van der Waals surface area contributed by atoms with Crippen molar-refractivity contribution in [2.75, 3.05) is 7.11 Å². The Morgan fingerprint density at radius 2 is 2.04 bits per heavy atom. The molecule has 0 fully saturated rings. The van der Waals surface area contributed by atoms with E-state index in [9.17, 15) is 0 Å². The first-order valence-corrected chi connectivity index (χ1v) is 7.83. The van der Waals surface area contributed by atoms with Gasteiger partial charge in [-0.2, -0.15) is 9.78 Å². The van der Waals surface area contributed by atoms with Gasteiger partial charge in [0.15, 0.2) is 5.65 Å². The van der Waals surface area contributed by atoms with Gasteiger partial charge >= 0.3 is 0 Å². The van der Waals surface area contributed by atoms with Crippen LogP contribution >= 0.6 is 11.6 Å². The van der Waals surface area contributed by atoms with Crippen LogP contribution in [0, 0.1) is 0 Å². The molecule has 0 aromatic carbocycles. The van der Waals surface area contributed by atoms with Crippen LogP contribution in [0.1, 0.15) is 32.7 Å². The highest BCUT2D eigenvalue weighted by molar-refractivity contribution is 6.34. The predicted octanol–water partition coefficient (Wildman–Crippen LogP) is 2.64. The molecule has 0 N–H and O–H groups in total. The Labute approximate surface area is 138 Å². The summed E-state index contributed by atoms with van der Waals surface area (Å²) < 4.78 is 7.49. The summed E-state index contributed by atoms with van der Waals surface area (Å²) in [6.45, 7) is 4.25. The standard InChI is InChI=1S/C14H18ClN7O/c1-5-8(6-2)22-11-10(12-18-20-21(3)19-12)9(15)7-16-13(11)17-14(22)23-4/h7-8H,5-6H2,1-4H3. The molecule has 3 rings (SSSR count). The van der Waals surface area contributed by atoms with Crippen LogP contribution < -0.4 is 4.74 Å². The first-order chi connectivity index (χ1) is 11.1. The number of pyridine rings is 1. The number of hydrogen-bond acceptors (Lipinski definition) is 6. The van der Waals surface area contributed by atoms with Crippen LogP contribution in [0.25, 0.3) is 22.6 Å². The minimum atomic E-state index is 0.214. The lowest BCUT2D eigenvalue weighted by Gasteiger charge is -2.18. The molecule has 8 nitrogen and oxygen atoms in total. The molecule has 0 radical (unpaired) electrons. The molecule has 9 heteroatoms. The molecule has 3 aromatic heterocycles. The minimum absolute atomic E-state index is 0.214.